The summed E-state index contributed by atoms with van der Waals surface area (Å²) in [5.74, 6) is -1.10. The van der Waals surface area contributed by atoms with Gasteiger partial charge in [0.25, 0.3) is 5.96 Å². The number of hydrogen-bond acceptors (Lipinski definition) is 7. The summed E-state index contributed by atoms with van der Waals surface area (Å²) in [5.41, 5.74) is 7.13. The van der Waals surface area contributed by atoms with Crippen molar-refractivity contribution in [1.82, 2.24) is 16.1 Å². The average molecular weight is 498 g/mol. The van der Waals surface area contributed by atoms with Crippen molar-refractivity contribution < 1.29 is 24.7 Å². The van der Waals surface area contributed by atoms with E-state index in [0.29, 0.717) is 19.3 Å². The molecule has 0 aromatic heterocycles. The topological polar surface area (TPSA) is 192 Å². The number of hydrogen-bond donors (Lipinski definition) is 6. The Morgan fingerprint density at radius 1 is 1.14 bits per heavy atom. The van der Waals surface area contributed by atoms with E-state index >= 15 is 0 Å². The van der Waals surface area contributed by atoms with Gasteiger partial charge in [0.1, 0.15) is 6.04 Å². The van der Waals surface area contributed by atoms with Gasteiger partial charge < -0.3 is 26.4 Å². The van der Waals surface area contributed by atoms with Crippen LogP contribution < -0.4 is 21.8 Å². The molecule has 13 heteroatoms. The van der Waals surface area contributed by atoms with Crippen molar-refractivity contribution in [2.45, 2.75) is 103 Å². The Bertz CT molecular complexity index is 687. The molecule has 0 aromatic rings. The van der Waals surface area contributed by atoms with Gasteiger partial charge in [0.2, 0.25) is 11.8 Å². The van der Waals surface area contributed by atoms with Gasteiger partial charge in [-0.3, -0.25) is 9.59 Å². The number of guanidine groups is 1. The largest absolute Gasteiger partial charge is 0.475 e. The van der Waals surface area contributed by atoms with Crippen molar-refractivity contribution in [1.29, 1.82) is 0 Å². The average Bonchev–Trinajstić information content (AvgIpc) is 2.78. The second-order valence-electron chi connectivity index (χ2n) is 9.81. The lowest BCUT2D eigenvalue weighted by atomic mass is 9.75. The second kappa shape index (κ2) is 17.1. The predicted octanol–water partition coefficient (Wildman–Crippen LogP) is 1.03. The molecular weight excluding hydrogens is 455 g/mol. The lowest BCUT2D eigenvalue weighted by molar-refractivity contribution is -0.525. The zero-order chi connectivity index (χ0) is 26.2. The van der Waals surface area contributed by atoms with Gasteiger partial charge in [-0.1, -0.05) is 64.2 Å². The molecule has 0 aromatic carbocycles. The fraction of sp³-hybridized carbons (Fsp3) is 0.864. The first-order chi connectivity index (χ1) is 16.6. The van der Waals surface area contributed by atoms with Crippen LogP contribution in [0, 0.1) is 22.0 Å². The Morgan fingerprint density at radius 2 is 1.83 bits per heavy atom. The van der Waals surface area contributed by atoms with Crippen LogP contribution in [0.5, 0.6) is 0 Å². The van der Waals surface area contributed by atoms with Crippen molar-refractivity contribution >= 4 is 24.9 Å². The van der Waals surface area contributed by atoms with Crippen LogP contribution in [0.3, 0.4) is 0 Å². The molecule has 0 radical (unpaired) electrons. The number of nitrogens with two attached hydrogens (primary N) is 1. The Morgan fingerprint density at radius 3 is 2.43 bits per heavy atom. The van der Waals surface area contributed by atoms with Crippen LogP contribution in [-0.4, -0.2) is 58.5 Å². The van der Waals surface area contributed by atoms with Crippen LogP contribution in [0.25, 0.3) is 0 Å². The second-order valence-corrected chi connectivity index (χ2v) is 9.81. The minimum Gasteiger partial charge on any atom is -0.426 e. The van der Waals surface area contributed by atoms with Crippen molar-refractivity contribution in [3.05, 3.63) is 10.1 Å². The molecule has 0 saturated heterocycles. The molecule has 1 aliphatic carbocycles. The van der Waals surface area contributed by atoms with E-state index in [1.165, 1.54) is 32.1 Å². The van der Waals surface area contributed by atoms with Crippen molar-refractivity contribution in [2.75, 3.05) is 6.54 Å². The highest BCUT2D eigenvalue weighted by Gasteiger charge is 2.29. The molecular formula is C22H43BN6O6. The number of unbranched alkanes of at least 4 members (excludes halogenated alkanes) is 1. The van der Waals surface area contributed by atoms with Gasteiger partial charge in [-0.05, 0) is 37.5 Å². The van der Waals surface area contributed by atoms with Gasteiger partial charge in [0.15, 0.2) is 5.03 Å². The maximum absolute atomic E-state index is 12.9. The summed E-state index contributed by atoms with van der Waals surface area (Å²) in [7, 11) is -1.73. The molecule has 0 aliphatic heterocycles. The summed E-state index contributed by atoms with van der Waals surface area (Å²) in [6.07, 6.45) is 10.5. The molecule has 0 spiro atoms. The molecule has 1 saturated carbocycles. The highest BCUT2D eigenvalue weighted by Crippen LogP contribution is 2.27. The Balaban J connectivity index is 2.61. The number of carbonyl (C=O) groups excluding carboxylic acids is 2. The molecule has 7 N–H and O–H groups in total. The highest BCUT2D eigenvalue weighted by molar-refractivity contribution is 6.43. The zero-order valence-electron chi connectivity index (χ0n) is 21.1. The van der Waals surface area contributed by atoms with E-state index in [9.17, 15) is 29.8 Å². The molecule has 1 aliphatic rings. The van der Waals surface area contributed by atoms with Gasteiger partial charge in [-0.25, -0.2) is 15.1 Å². The predicted molar refractivity (Wildman–Crippen MR) is 134 cm³/mol. The third kappa shape index (κ3) is 14.6. The van der Waals surface area contributed by atoms with E-state index in [2.05, 4.69) is 15.6 Å². The molecule has 2 amide bonds. The lowest BCUT2D eigenvalue weighted by Gasteiger charge is -2.24. The number of aliphatic imine (C=N–C) groups is 1. The van der Waals surface area contributed by atoms with Gasteiger partial charge in [-0.2, -0.15) is 0 Å². The van der Waals surface area contributed by atoms with Gasteiger partial charge in [0.05, 0.1) is 5.94 Å². The van der Waals surface area contributed by atoms with E-state index in [4.69, 9.17) is 5.73 Å². The van der Waals surface area contributed by atoms with Crippen LogP contribution in [0.1, 0.15) is 90.9 Å². The zero-order valence-corrected chi connectivity index (χ0v) is 21.1. The first kappa shape index (κ1) is 30.6. The van der Waals surface area contributed by atoms with Crippen LogP contribution in [-0.2, 0) is 9.59 Å². The minimum atomic E-state index is -1.73. The van der Waals surface area contributed by atoms with E-state index in [1.54, 1.807) is 5.43 Å². The molecule has 0 unspecified atom stereocenters. The van der Waals surface area contributed by atoms with Crippen LogP contribution in [0.2, 0.25) is 0 Å². The van der Waals surface area contributed by atoms with Gasteiger partial charge in [-0.15, -0.1) is 0 Å². The molecule has 0 heterocycles. The minimum absolute atomic E-state index is 0.116. The number of carbonyl (C=O) groups is 2. The molecule has 1 fully saturated rings. The summed E-state index contributed by atoms with van der Waals surface area (Å²) >= 11 is 0. The summed E-state index contributed by atoms with van der Waals surface area (Å²) in [6, 6.07) is -0.894. The summed E-state index contributed by atoms with van der Waals surface area (Å²) in [4.78, 5) is 39.6. The van der Waals surface area contributed by atoms with Crippen LogP contribution in [0.15, 0.2) is 4.99 Å². The standard InChI is InChI=1S/C22H43BN6O6/c1-16(2)15-19(23(32)33)27-21(31)18(12-8-14-25-22(24)28-29(34)35)26-20(30)13-7-6-11-17-9-4-3-5-10-17/h16-19,32-33H,3-15H2,1-2H3,(H,26,30)(H,27,31)(H3,24,25,28)/t18-,19-/m0/s1. The smallest absolute Gasteiger partial charge is 0.426 e. The van der Waals surface area contributed by atoms with Gasteiger partial charge in [0, 0.05) is 13.0 Å². The third-order valence-electron chi connectivity index (χ3n) is 6.19. The molecule has 2 atom stereocenters. The van der Waals surface area contributed by atoms with E-state index in [0.717, 1.165) is 25.2 Å². The van der Waals surface area contributed by atoms with Crippen LogP contribution in [0.4, 0.5) is 0 Å². The summed E-state index contributed by atoms with van der Waals surface area (Å²) < 4.78 is 0. The number of rotatable bonds is 16. The molecule has 0 bridgehead atoms. The first-order valence-electron chi connectivity index (χ1n) is 12.7. The van der Waals surface area contributed by atoms with E-state index in [-0.39, 0.29) is 30.8 Å². The Labute approximate surface area is 208 Å². The maximum Gasteiger partial charge on any atom is 0.475 e. The van der Waals surface area contributed by atoms with Crippen molar-refractivity contribution in [3.8, 4) is 0 Å². The third-order valence-corrected chi connectivity index (χ3v) is 6.19. The summed E-state index contributed by atoms with van der Waals surface area (Å²) in [6.45, 7) is 3.91. The SMILES string of the molecule is CC(C)C[C@H](NC(=O)[C@H](CCCN=C(N)N[N+](=O)[O-])NC(=O)CCCCC1CCCCC1)B(O)O. The highest BCUT2D eigenvalue weighted by atomic mass is 16.7. The van der Waals surface area contributed by atoms with E-state index in [1.807, 2.05) is 13.8 Å². The quantitative estimate of drug-likeness (QED) is 0.0454. The Hall–Kier alpha value is -2.41. The molecule has 1 rings (SSSR count). The summed E-state index contributed by atoms with van der Waals surface area (Å²) in [5, 5.41) is 34.2. The first-order valence-corrected chi connectivity index (χ1v) is 12.7. The van der Waals surface area contributed by atoms with Gasteiger partial charge >= 0.3 is 7.12 Å². The number of nitrogens with one attached hydrogen (secondary N) is 3. The maximum atomic E-state index is 12.9. The fourth-order valence-corrected chi connectivity index (χ4v) is 4.40. The van der Waals surface area contributed by atoms with E-state index < -0.39 is 30.0 Å². The monoisotopic (exact) mass is 498 g/mol. The lowest BCUT2D eigenvalue weighted by Crippen LogP contribution is -2.54. The molecule has 200 valence electrons. The van der Waals surface area contributed by atoms with Crippen molar-refractivity contribution in [2.24, 2.45) is 22.6 Å². The normalized spacial score (nSPS) is 16.4. The number of hydrazine groups is 1. The molecule has 35 heavy (non-hydrogen) atoms. The molecule has 12 nitrogen and oxygen atoms in total. The van der Waals surface area contributed by atoms with Crippen LogP contribution >= 0.6 is 0 Å². The number of amides is 2. The van der Waals surface area contributed by atoms with Crippen molar-refractivity contribution in [3.63, 3.8) is 0 Å². The fourth-order valence-electron chi connectivity index (χ4n) is 4.40. The Kier molecular flexibility index (Phi) is 15.0. The number of nitrogens with zero attached hydrogens (tertiary/aromatic N) is 2. The number of nitro groups is 1.